The van der Waals surface area contributed by atoms with Crippen LogP contribution < -0.4 is 0 Å². The molecule has 0 spiro atoms. The molecule has 1 aliphatic carbocycles. The third-order valence-corrected chi connectivity index (χ3v) is 5.85. The summed E-state index contributed by atoms with van der Waals surface area (Å²) in [4.78, 5) is 19.3. The van der Waals surface area contributed by atoms with Gasteiger partial charge in [-0.05, 0) is 42.7 Å². The lowest BCUT2D eigenvalue weighted by molar-refractivity contribution is -0.132. The Morgan fingerprint density at radius 1 is 1.23 bits per heavy atom. The van der Waals surface area contributed by atoms with Gasteiger partial charge >= 0.3 is 0 Å². The highest BCUT2D eigenvalue weighted by Crippen LogP contribution is 2.36. The summed E-state index contributed by atoms with van der Waals surface area (Å²) in [5.74, 6) is 2.76. The van der Waals surface area contributed by atoms with Crippen LogP contribution in [0.3, 0.4) is 0 Å². The Kier molecular flexibility index (Phi) is 4.79. The van der Waals surface area contributed by atoms with E-state index in [1.807, 2.05) is 4.90 Å². The standard InChI is InChI=1S/C21H27N3O2/c1-14(2)20-22-21(26-23-20)16-9-11-24(12-10-16)19(25)13-17-8-7-15-5-3-4-6-18(15)17/h3-6,14,16-17H,7-13H2,1-2H3. The van der Waals surface area contributed by atoms with Gasteiger partial charge in [0.2, 0.25) is 11.8 Å². The van der Waals surface area contributed by atoms with Gasteiger partial charge in [0.1, 0.15) is 0 Å². The average Bonchev–Trinajstić information content (AvgIpc) is 3.30. The van der Waals surface area contributed by atoms with Crippen LogP contribution in [0, 0.1) is 0 Å². The molecule has 1 aromatic carbocycles. The van der Waals surface area contributed by atoms with Crippen LogP contribution in [0.5, 0.6) is 0 Å². The van der Waals surface area contributed by atoms with E-state index in [-0.39, 0.29) is 11.8 Å². The molecular formula is C21H27N3O2. The maximum absolute atomic E-state index is 12.8. The van der Waals surface area contributed by atoms with Crippen molar-refractivity contribution in [3.63, 3.8) is 0 Å². The zero-order valence-electron chi connectivity index (χ0n) is 15.6. The Balaban J connectivity index is 1.32. The molecule has 1 aromatic heterocycles. The second-order valence-electron chi connectivity index (χ2n) is 7.94. The second-order valence-corrected chi connectivity index (χ2v) is 7.94. The Morgan fingerprint density at radius 2 is 2.00 bits per heavy atom. The molecule has 1 saturated heterocycles. The fraction of sp³-hybridized carbons (Fsp3) is 0.571. The van der Waals surface area contributed by atoms with E-state index in [1.54, 1.807) is 0 Å². The van der Waals surface area contributed by atoms with Gasteiger partial charge < -0.3 is 9.42 Å². The van der Waals surface area contributed by atoms with Crippen molar-refractivity contribution in [2.45, 2.75) is 63.7 Å². The second kappa shape index (κ2) is 7.22. The normalized spacial score (nSPS) is 20.6. The molecule has 2 aliphatic rings. The first kappa shape index (κ1) is 17.3. The zero-order chi connectivity index (χ0) is 18.1. The summed E-state index contributed by atoms with van der Waals surface area (Å²) in [6.07, 6.45) is 4.66. The highest BCUT2D eigenvalue weighted by molar-refractivity contribution is 5.77. The SMILES string of the molecule is CC(C)c1noc(C2CCN(C(=O)CC3CCc4ccccc43)CC2)n1. The van der Waals surface area contributed by atoms with Crippen molar-refractivity contribution in [1.82, 2.24) is 15.0 Å². The number of aryl methyl sites for hydroxylation is 1. The van der Waals surface area contributed by atoms with Gasteiger partial charge in [0.25, 0.3) is 0 Å². The van der Waals surface area contributed by atoms with Crippen molar-refractivity contribution in [1.29, 1.82) is 0 Å². The maximum Gasteiger partial charge on any atom is 0.229 e. The number of carbonyl (C=O) groups is 1. The van der Waals surface area contributed by atoms with Gasteiger partial charge in [-0.3, -0.25) is 4.79 Å². The molecule has 1 fully saturated rings. The number of carbonyl (C=O) groups excluding carboxylic acids is 1. The van der Waals surface area contributed by atoms with Gasteiger partial charge in [0.05, 0.1) is 0 Å². The van der Waals surface area contributed by atoms with Crippen LogP contribution in [0.1, 0.15) is 80.1 Å². The summed E-state index contributed by atoms with van der Waals surface area (Å²) in [5.41, 5.74) is 2.80. The number of rotatable bonds is 4. The fourth-order valence-corrected chi connectivity index (χ4v) is 4.22. The van der Waals surface area contributed by atoms with E-state index < -0.39 is 0 Å². The first-order chi connectivity index (χ1) is 12.6. The molecule has 5 nitrogen and oxygen atoms in total. The quantitative estimate of drug-likeness (QED) is 0.833. The van der Waals surface area contributed by atoms with Crippen LogP contribution >= 0.6 is 0 Å². The molecule has 138 valence electrons. The minimum atomic E-state index is 0.281. The number of fused-ring (bicyclic) bond motifs is 1. The van der Waals surface area contributed by atoms with E-state index in [4.69, 9.17) is 4.52 Å². The topological polar surface area (TPSA) is 59.2 Å². The number of nitrogens with zero attached hydrogens (tertiary/aromatic N) is 3. The molecule has 1 aliphatic heterocycles. The van der Waals surface area contributed by atoms with Crippen molar-refractivity contribution in [2.24, 2.45) is 0 Å². The minimum Gasteiger partial charge on any atom is -0.343 e. The van der Waals surface area contributed by atoms with Crippen molar-refractivity contribution >= 4 is 5.91 Å². The van der Waals surface area contributed by atoms with Gasteiger partial charge in [-0.1, -0.05) is 43.3 Å². The lowest BCUT2D eigenvalue weighted by Gasteiger charge is -2.31. The van der Waals surface area contributed by atoms with Crippen LogP contribution in [0.2, 0.25) is 0 Å². The van der Waals surface area contributed by atoms with E-state index in [0.717, 1.165) is 50.5 Å². The number of amides is 1. The number of aromatic nitrogens is 2. The molecule has 4 rings (SSSR count). The smallest absolute Gasteiger partial charge is 0.229 e. The number of benzene rings is 1. The van der Waals surface area contributed by atoms with Gasteiger partial charge in [0.15, 0.2) is 5.82 Å². The van der Waals surface area contributed by atoms with Crippen LogP contribution in [-0.4, -0.2) is 34.0 Å². The largest absolute Gasteiger partial charge is 0.343 e. The molecule has 26 heavy (non-hydrogen) atoms. The molecule has 0 radical (unpaired) electrons. The molecule has 1 atom stereocenters. The number of piperidine rings is 1. The fourth-order valence-electron chi connectivity index (χ4n) is 4.22. The van der Waals surface area contributed by atoms with Gasteiger partial charge in [-0.25, -0.2) is 0 Å². The van der Waals surface area contributed by atoms with Crippen LogP contribution in [0.4, 0.5) is 0 Å². The Labute approximate surface area is 154 Å². The van der Waals surface area contributed by atoms with Crippen molar-refractivity contribution in [3.05, 3.63) is 47.1 Å². The Hall–Kier alpha value is -2.17. The number of hydrogen-bond donors (Lipinski definition) is 0. The molecule has 1 unspecified atom stereocenters. The van der Waals surface area contributed by atoms with Crippen LogP contribution in [-0.2, 0) is 11.2 Å². The molecule has 1 amide bonds. The lowest BCUT2D eigenvalue weighted by atomic mass is 9.94. The predicted molar refractivity (Wildman–Crippen MR) is 99.1 cm³/mol. The molecule has 0 bridgehead atoms. The van der Waals surface area contributed by atoms with Gasteiger partial charge in [0, 0.05) is 31.3 Å². The Bertz CT molecular complexity index is 775. The monoisotopic (exact) mass is 353 g/mol. The molecule has 5 heteroatoms. The van der Waals surface area contributed by atoms with Gasteiger partial charge in [-0.15, -0.1) is 0 Å². The Morgan fingerprint density at radius 3 is 2.73 bits per heavy atom. The highest BCUT2D eigenvalue weighted by Gasteiger charge is 2.30. The lowest BCUT2D eigenvalue weighted by Crippen LogP contribution is -2.38. The van der Waals surface area contributed by atoms with Crippen molar-refractivity contribution in [2.75, 3.05) is 13.1 Å². The number of likely N-dealkylation sites (tertiary alicyclic amines) is 1. The van der Waals surface area contributed by atoms with E-state index in [2.05, 4.69) is 48.3 Å². The van der Waals surface area contributed by atoms with Crippen molar-refractivity contribution < 1.29 is 9.32 Å². The summed E-state index contributed by atoms with van der Waals surface area (Å²) < 4.78 is 5.44. The summed E-state index contributed by atoms with van der Waals surface area (Å²) in [6, 6.07) is 8.56. The summed E-state index contributed by atoms with van der Waals surface area (Å²) in [7, 11) is 0. The van der Waals surface area contributed by atoms with Gasteiger partial charge in [-0.2, -0.15) is 4.98 Å². The molecular weight excluding hydrogens is 326 g/mol. The first-order valence-corrected chi connectivity index (χ1v) is 9.81. The third-order valence-electron chi connectivity index (χ3n) is 5.85. The molecule has 2 aromatic rings. The molecule has 0 saturated carbocycles. The van der Waals surface area contributed by atoms with E-state index in [1.165, 1.54) is 11.1 Å². The zero-order valence-corrected chi connectivity index (χ0v) is 15.6. The predicted octanol–water partition coefficient (Wildman–Crippen LogP) is 4.02. The van der Waals surface area contributed by atoms with E-state index >= 15 is 0 Å². The molecule has 0 N–H and O–H groups in total. The first-order valence-electron chi connectivity index (χ1n) is 9.81. The van der Waals surface area contributed by atoms with Crippen LogP contribution in [0.25, 0.3) is 0 Å². The number of hydrogen-bond acceptors (Lipinski definition) is 4. The average molecular weight is 353 g/mol. The summed E-state index contributed by atoms with van der Waals surface area (Å²) in [5, 5.41) is 4.07. The van der Waals surface area contributed by atoms with Crippen molar-refractivity contribution in [3.8, 4) is 0 Å². The third kappa shape index (κ3) is 3.39. The minimum absolute atomic E-state index is 0.281. The maximum atomic E-state index is 12.8. The van der Waals surface area contributed by atoms with Crippen LogP contribution in [0.15, 0.2) is 28.8 Å². The van der Waals surface area contributed by atoms with E-state index in [0.29, 0.717) is 18.2 Å². The van der Waals surface area contributed by atoms with E-state index in [9.17, 15) is 4.79 Å². The summed E-state index contributed by atoms with van der Waals surface area (Å²) in [6.45, 7) is 5.71. The summed E-state index contributed by atoms with van der Waals surface area (Å²) >= 11 is 0. The molecule has 2 heterocycles. The highest BCUT2D eigenvalue weighted by atomic mass is 16.5.